The number of carbonyl (C=O) groups is 1. The highest BCUT2D eigenvalue weighted by atomic mass is 16.1. The molecule has 0 aromatic carbocycles. The standard InChI is InChI=1S/C15H30N2O/c1-10(2)17-11(13(18)15(6,7)8)9-12(16-17)14(3,4)5/h10-12,16H,9H2,1-8H3. The van der Waals surface area contributed by atoms with Crippen molar-refractivity contribution in [3.8, 4) is 0 Å². The van der Waals surface area contributed by atoms with Crippen molar-refractivity contribution < 1.29 is 4.79 Å². The number of nitrogens with one attached hydrogen (secondary N) is 1. The first-order chi connectivity index (χ1) is 7.94. The number of rotatable bonds is 2. The Hall–Kier alpha value is -0.410. The van der Waals surface area contributed by atoms with E-state index < -0.39 is 0 Å². The highest BCUT2D eigenvalue weighted by Gasteiger charge is 2.44. The molecule has 0 spiro atoms. The number of hydrazine groups is 1. The van der Waals surface area contributed by atoms with E-state index in [1.54, 1.807) is 0 Å². The zero-order chi connectivity index (χ0) is 14.3. The summed E-state index contributed by atoms with van der Waals surface area (Å²) in [5.74, 6) is 0.343. The molecule has 106 valence electrons. The molecule has 0 radical (unpaired) electrons. The van der Waals surface area contributed by atoms with Crippen molar-refractivity contribution in [2.24, 2.45) is 10.8 Å². The summed E-state index contributed by atoms with van der Waals surface area (Å²) < 4.78 is 0. The van der Waals surface area contributed by atoms with Crippen LogP contribution in [0.5, 0.6) is 0 Å². The van der Waals surface area contributed by atoms with Gasteiger partial charge in [-0.25, -0.2) is 5.01 Å². The predicted molar refractivity (Wildman–Crippen MR) is 76.2 cm³/mol. The van der Waals surface area contributed by atoms with Gasteiger partial charge in [0.05, 0.1) is 6.04 Å². The molecule has 1 fully saturated rings. The van der Waals surface area contributed by atoms with Crippen LogP contribution >= 0.6 is 0 Å². The van der Waals surface area contributed by atoms with Crippen LogP contribution in [0, 0.1) is 10.8 Å². The lowest BCUT2D eigenvalue weighted by atomic mass is 9.80. The second kappa shape index (κ2) is 4.93. The van der Waals surface area contributed by atoms with E-state index in [0.29, 0.717) is 17.9 Å². The third-order valence-electron chi connectivity index (χ3n) is 3.74. The van der Waals surface area contributed by atoms with E-state index in [4.69, 9.17) is 0 Å². The Labute approximate surface area is 112 Å². The largest absolute Gasteiger partial charge is 0.297 e. The number of carbonyl (C=O) groups excluding carboxylic acids is 1. The fourth-order valence-corrected chi connectivity index (χ4v) is 2.45. The van der Waals surface area contributed by atoms with E-state index in [9.17, 15) is 4.79 Å². The Balaban J connectivity index is 2.93. The summed E-state index contributed by atoms with van der Waals surface area (Å²) in [6, 6.07) is 0.721. The lowest BCUT2D eigenvalue weighted by Gasteiger charge is -2.32. The topological polar surface area (TPSA) is 32.3 Å². The van der Waals surface area contributed by atoms with Gasteiger partial charge in [0.2, 0.25) is 0 Å². The average Bonchev–Trinajstić information content (AvgIpc) is 2.58. The number of Topliss-reactive ketones (excluding diaryl/α,β-unsaturated/α-hetero) is 1. The van der Waals surface area contributed by atoms with Crippen LogP contribution in [0.3, 0.4) is 0 Å². The third-order valence-corrected chi connectivity index (χ3v) is 3.74. The maximum Gasteiger partial charge on any atom is 0.156 e. The Morgan fingerprint density at radius 3 is 2.00 bits per heavy atom. The minimum atomic E-state index is -0.272. The zero-order valence-electron chi connectivity index (χ0n) is 13.3. The van der Waals surface area contributed by atoms with Gasteiger partial charge >= 0.3 is 0 Å². The van der Waals surface area contributed by atoms with Gasteiger partial charge in [0, 0.05) is 17.5 Å². The molecule has 2 atom stereocenters. The first-order valence-electron chi connectivity index (χ1n) is 7.03. The Bertz CT molecular complexity index is 309. The van der Waals surface area contributed by atoms with Crippen molar-refractivity contribution in [2.45, 2.75) is 79.9 Å². The number of hydrogen-bond donors (Lipinski definition) is 1. The molecule has 0 saturated carbocycles. The van der Waals surface area contributed by atoms with Crippen molar-refractivity contribution in [3.05, 3.63) is 0 Å². The van der Waals surface area contributed by atoms with Crippen molar-refractivity contribution in [2.75, 3.05) is 0 Å². The van der Waals surface area contributed by atoms with E-state index in [1.807, 2.05) is 20.8 Å². The Kier molecular flexibility index (Phi) is 4.29. The van der Waals surface area contributed by atoms with Crippen LogP contribution < -0.4 is 5.43 Å². The quantitative estimate of drug-likeness (QED) is 0.822. The third kappa shape index (κ3) is 3.33. The van der Waals surface area contributed by atoms with E-state index >= 15 is 0 Å². The molecule has 0 aromatic heterocycles. The molecule has 0 amide bonds. The number of ketones is 1. The molecule has 3 heteroatoms. The molecule has 1 rings (SSSR count). The molecule has 0 aromatic rings. The minimum Gasteiger partial charge on any atom is -0.297 e. The predicted octanol–water partition coefficient (Wildman–Crippen LogP) is 3.00. The van der Waals surface area contributed by atoms with Gasteiger partial charge < -0.3 is 0 Å². The lowest BCUT2D eigenvalue weighted by Crippen LogP contribution is -2.50. The summed E-state index contributed by atoms with van der Waals surface area (Å²) in [6.45, 7) is 17.0. The summed E-state index contributed by atoms with van der Waals surface area (Å²) in [5.41, 5.74) is 3.45. The Morgan fingerprint density at radius 1 is 1.17 bits per heavy atom. The zero-order valence-corrected chi connectivity index (χ0v) is 13.3. The molecule has 0 bridgehead atoms. The molecule has 0 aliphatic carbocycles. The minimum absolute atomic E-state index is 0.00854. The first kappa shape index (κ1) is 15.6. The molecular weight excluding hydrogens is 224 g/mol. The molecule has 1 aliphatic rings. The number of nitrogens with zero attached hydrogens (tertiary/aromatic N) is 1. The fourth-order valence-electron chi connectivity index (χ4n) is 2.45. The first-order valence-corrected chi connectivity index (χ1v) is 7.03. The summed E-state index contributed by atoms with van der Waals surface area (Å²) in [4.78, 5) is 12.6. The molecule has 1 N–H and O–H groups in total. The maximum atomic E-state index is 12.6. The SMILES string of the molecule is CC(C)N1NC(C(C)(C)C)CC1C(=O)C(C)(C)C. The second-order valence-electron chi connectivity index (χ2n) is 7.91. The van der Waals surface area contributed by atoms with E-state index in [-0.39, 0.29) is 16.9 Å². The normalized spacial score (nSPS) is 26.9. The average molecular weight is 254 g/mol. The summed E-state index contributed by atoms with van der Waals surface area (Å²) in [6.07, 6.45) is 0.914. The van der Waals surface area contributed by atoms with Crippen molar-refractivity contribution in [1.82, 2.24) is 10.4 Å². The molecule has 1 heterocycles. The number of hydrogen-bond acceptors (Lipinski definition) is 3. The monoisotopic (exact) mass is 254 g/mol. The smallest absolute Gasteiger partial charge is 0.156 e. The molecule has 3 nitrogen and oxygen atoms in total. The van der Waals surface area contributed by atoms with Crippen molar-refractivity contribution >= 4 is 5.78 Å². The van der Waals surface area contributed by atoms with Crippen LogP contribution in [0.25, 0.3) is 0 Å². The molecule has 1 saturated heterocycles. The maximum absolute atomic E-state index is 12.6. The molecule has 2 unspecified atom stereocenters. The fraction of sp³-hybridized carbons (Fsp3) is 0.933. The molecule has 1 aliphatic heterocycles. The summed E-state index contributed by atoms with van der Waals surface area (Å²) in [5, 5.41) is 2.16. The van der Waals surface area contributed by atoms with Crippen molar-refractivity contribution in [3.63, 3.8) is 0 Å². The van der Waals surface area contributed by atoms with Gasteiger partial charge in [-0.05, 0) is 25.7 Å². The second-order valence-corrected chi connectivity index (χ2v) is 7.91. The van der Waals surface area contributed by atoms with Crippen molar-refractivity contribution in [1.29, 1.82) is 0 Å². The van der Waals surface area contributed by atoms with Crippen LogP contribution in [-0.2, 0) is 4.79 Å². The summed E-state index contributed by atoms with van der Waals surface area (Å²) in [7, 11) is 0. The lowest BCUT2D eigenvalue weighted by molar-refractivity contribution is -0.132. The van der Waals surface area contributed by atoms with Gasteiger partial charge in [0.15, 0.2) is 5.78 Å². The van der Waals surface area contributed by atoms with E-state index in [2.05, 4.69) is 45.1 Å². The summed E-state index contributed by atoms with van der Waals surface area (Å²) >= 11 is 0. The van der Waals surface area contributed by atoms with Gasteiger partial charge in [0.1, 0.15) is 0 Å². The van der Waals surface area contributed by atoms with Crippen LogP contribution in [0.2, 0.25) is 0 Å². The van der Waals surface area contributed by atoms with Crippen LogP contribution in [-0.4, -0.2) is 28.9 Å². The van der Waals surface area contributed by atoms with Crippen LogP contribution in [0.4, 0.5) is 0 Å². The van der Waals surface area contributed by atoms with Gasteiger partial charge in [0.25, 0.3) is 0 Å². The van der Waals surface area contributed by atoms with E-state index in [1.165, 1.54) is 0 Å². The Morgan fingerprint density at radius 2 is 1.67 bits per heavy atom. The van der Waals surface area contributed by atoms with Gasteiger partial charge in [-0.15, -0.1) is 0 Å². The molecule has 18 heavy (non-hydrogen) atoms. The van der Waals surface area contributed by atoms with E-state index in [0.717, 1.165) is 6.42 Å². The van der Waals surface area contributed by atoms with Gasteiger partial charge in [-0.3, -0.25) is 10.2 Å². The van der Waals surface area contributed by atoms with Gasteiger partial charge in [-0.1, -0.05) is 41.5 Å². The molecular formula is C15H30N2O. The van der Waals surface area contributed by atoms with Crippen LogP contribution in [0.15, 0.2) is 0 Å². The van der Waals surface area contributed by atoms with Gasteiger partial charge in [-0.2, -0.15) is 0 Å². The highest BCUT2D eigenvalue weighted by Crippen LogP contribution is 2.33. The van der Waals surface area contributed by atoms with Crippen LogP contribution in [0.1, 0.15) is 61.8 Å². The highest BCUT2D eigenvalue weighted by molar-refractivity contribution is 5.89.